The third-order valence-electron chi connectivity index (χ3n) is 12.5. The number of hydrogen-bond donors (Lipinski definition) is 0. The van der Waals surface area contributed by atoms with Gasteiger partial charge < -0.3 is 0 Å². The van der Waals surface area contributed by atoms with E-state index in [1.165, 1.54) is 77.2 Å². The van der Waals surface area contributed by atoms with Gasteiger partial charge in [-0.15, -0.1) is 0 Å². The molecule has 5 unspecified atom stereocenters. The van der Waals surface area contributed by atoms with Crippen molar-refractivity contribution < 1.29 is 4.39 Å². The Bertz CT molecular complexity index is 2570. The highest BCUT2D eigenvalue weighted by atomic mass is 19.1. The number of allylic oxidation sites excluding steroid dienone is 12. The summed E-state index contributed by atoms with van der Waals surface area (Å²) in [4.78, 5) is 0. The third kappa shape index (κ3) is 5.24. The van der Waals surface area contributed by atoms with Gasteiger partial charge in [-0.05, 0) is 120 Å². The van der Waals surface area contributed by atoms with Crippen LogP contribution in [0.15, 0.2) is 198 Å². The van der Waals surface area contributed by atoms with Gasteiger partial charge in [0, 0.05) is 5.92 Å². The maximum absolute atomic E-state index is 9.50. The Labute approximate surface area is 319 Å². The summed E-state index contributed by atoms with van der Waals surface area (Å²) in [7, 11) is 0.500. The van der Waals surface area contributed by atoms with E-state index in [2.05, 4.69) is 190 Å². The Morgan fingerprint density at radius 3 is 1.98 bits per heavy atom. The van der Waals surface area contributed by atoms with Gasteiger partial charge in [-0.2, -0.15) is 0 Å². The average molecular weight is 701 g/mol. The number of alkyl halides is 1. The largest absolute Gasteiger partial charge is 0.255 e. The minimum absolute atomic E-state index is 0.320. The van der Waals surface area contributed by atoms with Crippen molar-refractivity contribution in [2.45, 2.75) is 26.2 Å². The molecule has 0 aliphatic heterocycles. The minimum atomic E-state index is 0.320. The standard InChI is InChI=1S/C52H42.CH3F/c1-3-36-37(4-2)49(35-20-9-6-10-21-35)52-47-32-31-44(45-27-16-28-46(50(45)47)51(52)48(36)34-18-7-5-8-19-34)43-30-29-42(40-24-13-14-25-41(40)43)39-26-15-22-33-17-11-12-23-38(33)39;1-2/h3,5-32,37,47,49-50,52H,4H2,1-2H3;1H3/b36-3+;. The van der Waals surface area contributed by atoms with E-state index in [9.17, 15) is 4.39 Å². The van der Waals surface area contributed by atoms with Crippen molar-refractivity contribution in [3.8, 4) is 11.1 Å². The molecule has 6 aromatic rings. The molecule has 0 bridgehead atoms. The first-order valence-electron chi connectivity index (χ1n) is 19.5. The average Bonchev–Trinajstić information content (AvgIpc) is 3.58. The van der Waals surface area contributed by atoms with Crippen molar-refractivity contribution >= 4 is 32.7 Å². The summed E-state index contributed by atoms with van der Waals surface area (Å²) >= 11 is 0. The van der Waals surface area contributed by atoms with Crippen molar-refractivity contribution in [3.05, 3.63) is 215 Å². The van der Waals surface area contributed by atoms with Crippen molar-refractivity contribution in [1.82, 2.24) is 0 Å². The van der Waals surface area contributed by atoms with Crippen LogP contribution in [0.2, 0.25) is 0 Å². The minimum Gasteiger partial charge on any atom is -0.255 e. The molecule has 264 valence electrons. The quantitative estimate of drug-likeness (QED) is 0.168. The Hall–Kier alpha value is -5.79. The first kappa shape index (κ1) is 34.0. The smallest absolute Gasteiger partial charge is 0.0785 e. The molecule has 10 rings (SSSR count). The number of benzene rings is 6. The van der Waals surface area contributed by atoms with E-state index < -0.39 is 0 Å². The van der Waals surface area contributed by atoms with Crippen molar-refractivity contribution in [2.24, 2.45) is 23.7 Å². The van der Waals surface area contributed by atoms with Crippen LogP contribution in [0, 0.1) is 23.7 Å². The van der Waals surface area contributed by atoms with Crippen molar-refractivity contribution in [1.29, 1.82) is 0 Å². The van der Waals surface area contributed by atoms with Gasteiger partial charge >= 0.3 is 0 Å². The Balaban J connectivity index is 0.00000189. The molecule has 1 heteroatoms. The molecule has 0 amide bonds. The summed E-state index contributed by atoms with van der Waals surface area (Å²) in [5.41, 5.74) is 15.6. The number of rotatable bonds is 5. The zero-order valence-electron chi connectivity index (χ0n) is 31.2. The topological polar surface area (TPSA) is 0 Å². The second kappa shape index (κ2) is 14.2. The molecular formula is C53H45F. The lowest BCUT2D eigenvalue weighted by Crippen LogP contribution is -2.32. The van der Waals surface area contributed by atoms with Gasteiger partial charge in [-0.3, -0.25) is 4.39 Å². The van der Waals surface area contributed by atoms with Crippen LogP contribution in [0.3, 0.4) is 0 Å². The first-order chi connectivity index (χ1) is 26.8. The van der Waals surface area contributed by atoms with Crippen LogP contribution in [0.25, 0.3) is 43.8 Å². The summed E-state index contributed by atoms with van der Waals surface area (Å²) in [5.74, 6) is 1.95. The lowest BCUT2D eigenvalue weighted by atomic mass is 9.60. The Morgan fingerprint density at radius 1 is 0.611 bits per heavy atom. The van der Waals surface area contributed by atoms with Crippen LogP contribution < -0.4 is 0 Å². The van der Waals surface area contributed by atoms with Gasteiger partial charge in [-0.25, -0.2) is 0 Å². The second-order valence-corrected chi connectivity index (χ2v) is 14.9. The SMILES string of the molecule is C/C=C1/C(c2ccccc2)=C2C3=CC=CC4=C(c5ccc(-c6cccc7ccccc67)c6ccccc56)C=CC(C34)C2C(c2ccccc2)C1CC.CF. The van der Waals surface area contributed by atoms with E-state index in [1.54, 1.807) is 5.57 Å². The highest BCUT2D eigenvalue weighted by Gasteiger charge is 2.54. The Morgan fingerprint density at radius 2 is 1.24 bits per heavy atom. The lowest BCUT2D eigenvalue weighted by Gasteiger charge is -2.43. The zero-order chi connectivity index (χ0) is 36.8. The van der Waals surface area contributed by atoms with Crippen LogP contribution in [-0.2, 0) is 0 Å². The molecule has 4 aliphatic carbocycles. The fraction of sp³-hybridized carbons (Fsp3) is 0.170. The molecule has 5 atom stereocenters. The van der Waals surface area contributed by atoms with E-state index in [1.807, 2.05) is 0 Å². The molecule has 1 fully saturated rings. The summed E-state index contributed by atoms with van der Waals surface area (Å²) in [6.45, 7) is 4.66. The van der Waals surface area contributed by atoms with Gasteiger partial charge in [0.05, 0.1) is 7.18 Å². The maximum atomic E-state index is 9.50. The van der Waals surface area contributed by atoms with Gasteiger partial charge in [0.15, 0.2) is 0 Å². The summed E-state index contributed by atoms with van der Waals surface area (Å²) in [5, 5.41) is 5.19. The third-order valence-corrected chi connectivity index (χ3v) is 12.5. The molecule has 6 aromatic carbocycles. The first-order valence-corrected chi connectivity index (χ1v) is 19.5. The molecule has 0 N–H and O–H groups in total. The molecule has 0 saturated heterocycles. The predicted molar refractivity (Wildman–Crippen MR) is 228 cm³/mol. The molecular weight excluding hydrogens is 656 g/mol. The molecule has 0 heterocycles. The predicted octanol–water partition coefficient (Wildman–Crippen LogP) is 14.2. The van der Waals surface area contributed by atoms with Gasteiger partial charge in [-0.1, -0.05) is 183 Å². The molecule has 1 saturated carbocycles. The molecule has 0 radical (unpaired) electrons. The van der Waals surface area contributed by atoms with Crippen molar-refractivity contribution in [2.75, 3.05) is 7.18 Å². The fourth-order valence-electron chi connectivity index (χ4n) is 10.5. The van der Waals surface area contributed by atoms with Gasteiger partial charge in [0.1, 0.15) is 0 Å². The molecule has 4 aliphatic rings. The molecule has 54 heavy (non-hydrogen) atoms. The number of halogens is 1. The number of fused-ring (bicyclic) bond motifs is 5. The van der Waals surface area contributed by atoms with Crippen molar-refractivity contribution in [3.63, 3.8) is 0 Å². The maximum Gasteiger partial charge on any atom is 0.0785 e. The molecule has 0 nitrogen and oxygen atoms in total. The van der Waals surface area contributed by atoms with E-state index in [0.29, 0.717) is 36.8 Å². The van der Waals surface area contributed by atoms with Crippen LogP contribution in [-0.4, -0.2) is 7.18 Å². The van der Waals surface area contributed by atoms with Gasteiger partial charge in [0.2, 0.25) is 0 Å². The van der Waals surface area contributed by atoms with E-state index in [4.69, 9.17) is 0 Å². The highest BCUT2D eigenvalue weighted by molar-refractivity contribution is 6.09. The number of hydrogen-bond acceptors (Lipinski definition) is 0. The highest BCUT2D eigenvalue weighted by Crippen LogP contribution is 2.65. The lowest BCUT2D eigenvalue weighted by molar-refractivity contribution is 0.307. The Kier molecular flexibility index (Phi) is 8.95. The molecule has 0 spiro atoms. The molecule has 0 aromatic heterocycles. The van der Waals surface area contributed by atoms with Crippen LogP contribution >= 0.6 is 0 Å². The van der Waals surface area contributed by atoms with Crippen LogP contribution in [0.5, 0.6) is 0 Å². The summed E-state index contributed by atoms with van der Waals surface area (Å²) in [6.07, 6.45) is 15.9. The summed E-state index contributed by atoms with van der Waals surface area (Å²) in [6, 6.07) is 51.9. The zero-order valence-corrected chi connectivity index (χ0v) is 31.2. The van der Waals surface area contributed by atoms with E-state index in [0.717, 1.165) is 6.42 Å². The monoisotopic (exact) mass is 700 g/mol. The van der Waals surface area contributed by atoms with Crippen LogP contribution in [0.1, 0.15) is 42.9 Å². The normalized spacial score (nSPS) is 23.3. The summed E-state index contributed by atoms with van der Waals surface area (Å²) < 4.78 is 9.50. The second-order valence-electron chi connectivity index (χ2n) is 14.9. The van der Waals surface area contributed by atoms with Crippen LogP contribution in [0.4, 0.5) is 4.39 Å². The van der Waals surface area contributed by atoms with E-state index >= 15 is 0 Å². The van der Waals surface area contributed by atoms with E-state index in [-0.39, 0.29) is 0 Å². The van der Waals surface area contributed by atoms with Gasteiger partial charge in [0.25, 0.3) is 0 Å². The fourth-order valence-corrected chi connectivity index (χ4v) is 10.5.